The third-order valence-electron chi connectivity index (χ3n) is 1.62. The molecule has 2 nitrogen and oxygen atoms in total. The van der Waals surface area contributed by atoms with Crippen molar-refractivity contribution in [3.05, 3.63) is 53.1 Å². The molecule has 0 aliphatic heterocycles. The number of hydrogen-bond donors (Lipinski definition) is 1. The van der Waals surface area contributed by atoms with Gasteiger partial charge in [-0.3, -0.25) is 0 Å². The summed E-state index contributed by atoms with van der Waals surface area (Å²) in [4.78, 5) is 3.18. The van der Waals surface area contributed by atoms with Crippen LogP contribution in [0.1, 0.15) is 12.5 Å². The maximum atomic E-state index is 6.65. The highest BCUT2D eigenvalue weighted by molar-refractivity contribution is 5.49. The minimum absolute atomic E-state index is 0.862. The second-order valence-corrected chi connectivity index (χ2v) is 2.94. The quantitative estimate of drug-likeness (QED) is 0.677. The van der Waals surface area contributed by atoms with E-state index in [1.807, 2.05) is 38.1 Å². The molecule has 0 atom stereocenters. The molecular weight excluding hydrogens is 160 g/mol. The molecule has 0 unspecified atom stereocenters. The van der Waals surface area contributed by atoms with Gasteiger partial charge in [0.05, 0.1) is 6.57 Å². The van der Waals surface area contributed by atoms with E-state index in [9.17, 15) is 0 Å². The smallest absolute Gasteiger partial charge is 0.172 e. The number of anilines is 1. The van der Waals surface area contributed by atoms with Crippen LogP contribution in [0.5, 0.6) is 0 Å². The molecule has 13 heavy (non-hydrogen) atoms. The molecule has 0 fully saturated rings. The summed E-state index contributed by atoms with van der Waals surface area (Å²) in [6.45, 7) is 10.6. The lowest BCUT2D eigenvalue weighted by atomic mass is 10.2. The lowest BCUT2D eigenvalue weighted by Crippen LogP contribution is -1.94. The Morgan fingerprint density at radius 2 is 2.31 bits per heavy atom. The van der Waals surface area contributed by atoms with Crippen molar-refractivity contribution in [2.24, 2.45) is 0 Å². The van der Waals surface area contributed by atoms with E-state index in [1.165, 1.54) is 11.8 Å². The standard InChI is InChI=1S/C11H12N2/c1-9-5-4-6-11(7-9)13-10(2)8-12-3/h4-8,13H,1-2H3/b10-8+. The number of allylic oxidation sites excluding steroid dienone is 1. The molecule has 0 aliphatic rings. The van der Waals surface area contributed by atoms with Crippen molar-refractivity contribution in [2.45, 2.75) is 13.8 Å². The molecule has 1 aromatic carbocycles. The van der Waals surface area contributed by atoms with E-state index in [-0.39, 0.29) is 0 Å². The minimum atomic E-state index is 0.862. The van der Waals surface area contributed by atoms with Crippen molar-refractivity contribution < 1.29 is 0 Å². The van der Waals surface area contributed by atoms with Crippen molar-refractivity contribution >= 4 is 5.69 Å². The topological polar surface area (TPSA) is 16.4 Å². The number of benzene rings is 1. The second-order valence-electron chi connectivity index (χ2n) is 2.94. The summed E-state index contributed by atoms with van der Waals surface area (Å²) >= 11 is 0. The van der Waals surface area contributed by atoms with E-state index in [0.717, 1.165) is 11.4 Å². The minimum Gasteiger partial charge on any atom is -0.369 e. The van der Waals surface area contributed by atoms with Crippen LogP contribution in [-0.4, -0.2) is 0 Å². The Morgan fingerprint density at radius 3 is 2.92 bits per heavy atom. The molecule has 1 aromatic rings. The van der Waals surface area contributed by atoms with Gasteiger partial charge in [0.1, 0.15) is 0 Å². The second kappa shape index (κ2) is 4.32. The fourth-order valence-electron chi connectivity index (χ4n) is 1.08. The van der Waals surface area contributed by atoms with E-state index < -0.39 is 0 Å². The van der Waals surface area contributed by atoms with Gasteiger partial charge in [-0.1, -0.05) is 12.1 Å². The fraction of sp³-hybridized carbons (Fsp3) is 0.182. The van der Waals surface area contributed by atoms with Crippen LogP contribution in [0.4, 0.5) is 5.69 Å². The van der Waals surface area contributed by atoms with Crippen molar-refractivity contribution in [2.75, 3.05) is 5.32 Å². The van der Waals surface area contributed by atoms with E-state index >= 15 is 0 Å². The summed E-state index contributed by atoms with van der Waals surface area (Å²) in [7, 11) is 0. The molecule has 0 saturated heterocycles. The Kier molecular flexibility index (Phi) is 3.10. The Labute approximate surface area is 78.7 Å². The van der Waals surface area contributed by atoms with Crippen LogP contribution in [-0.2, 0) is 0 Å². The maximum Gasteiger partial charge on any atom is 0.172 e. The van der Waals surface area contributed by atoms with Gasteiger partial charge < -0.3 is 5.32 Å². The zero-order chi connectivity index (χ0) is 9.68. The van der Waals surface area contributed by atoms with Gasteiger partial charge in [0.15, 0.2) is 6.20 Å². The SMILES string of the molecule is [C-]#[N+]/C=C(\C)Nc1cccc(C)c1. The molecule has 0 aromatic heterocycles. The molecule has 2 heteroatoms. The molecular formula is C11H12N2. The largest absolute Gasteiger partial charge is 0.369 e. The van der Waals surface area contributed by atoms with E-state index in [1.54, 1.807) is 0 Å². The van der Waals surface area contributed by atoms with Crippen LogP contribution >= 0.6 is 0 Å². The summed E-state index contributed by atoms with van der Waals surface area (Å²) in [5.74, 6) is 0. The third-order valence-corrected chi connectivity index (χ3v) is 1.62. The predicted molar refractivity (Wildman–Crippen MR) is 55.2 cm³/mol. The lowest BCUT2D eigenvalue weighted by Gasteiger charge is -2.05. The Balaban J connectivity index is 2.76. The first kappa shape index (κ1) is 9.34. The molecule has 66 valence electrons. The highest BCUT2D eigenvalue weighted by atomic mass is 14.9. The summed E-state index contributed by atoms with van der Waals surface area (Å²) in [6.07, 6.45) is 1.47. The monoisotopic (exact) mass is 172 g/mol. The van der Waals surface area contributed by atoms with Crippen LogP contribution < -0.4 is 5.32 Å². The normalized spacial score (nSPS) is 10.7. The van der Waals surface area contributed by atoms with Crippen molar-refractivity contribution in [3.8, 4) is 0 Å². The number of nitrogens with zero attached hydrogens (tertiary/aromatic N) is 1. The average molecular weight is 172 g/mol. The van der Waals surface area contributed by atoms with Crippen molar-refractivity contribution in [1.82, 2.24) is 0 Å². The molecule has 0 aliphatic carbocycles. The number of rotatable bonds is 2. The molecule has 1 N–H and O–H groups in total. The van der Waals surface area contributed by atoms with Gasteiger partial charge in [0.25, 0.3) is 0 Å². The van der Waals surface area contributed by atoms with Crippen molar-refractivity contribution in [1.29, 1.82) is 0 Å². The summed E-state index contributed by atoms with van der Waals surface area (Å²) in [6, 6.07) is 8.05. The zero-order valence-electron chi connectivity index (χ0n) is 7.83. The van der Waals surface area contributed by atoms with E-state index in [0.29, 0.717) is 0 Å². The Morgan fingerprint density at radius 1 is 1.54 bits per heavy atom. The van der Waals surface area contributed by atoms with Gasteiger partial charge in [0.2, 0.25) is 0 Å². The maximum absolute atomic E-state index is 6.65. The zero-order valence-corrected chi connectivity index (χ0v) is 7.83. The lowest BCUT2D eigenvalue weighted by molar-refractivity contribution is 1.36. The molecule has 0 amide bonds. The molecule has 0 bridgehead atoms. The van der Waals surface area contributed by atoms with Crippen LogP contribution in [0.25, 0.3) is 4.85 Å². The van der Waals surface area contributed by atoms with Crippen LogP contribution in [0.3, 0.4) is 0 Å². The molecule has 1 rings (SSSR count). The third kappa shape index (κ3) is 3.00. The first-order valence-electron chi connectivity index (χ1n) is 4.09. The molecule has 0 spiro atoms. The number of nitrogens with one attached hydrogen (secondary N) is 1. The average Bonchev–Trinajstić information content (AvgIpc) is 2.04. The fourth-order valence-corrected chi connectivity index (χ4v) is 1.08. The van der Waals surface area contributed by atoms with Gasteiger partial charge in [-0.15, -0.1) is 0 Å². The number of aryl methyl sites for hydroxylation is 1. The van der Waals surface area contributed by atoms with E-state index in [2.05, 4.69) is 10.2 Å². The van der Waals surface area contributed by atoms with Gasteiger partial charge in [0, 0.05) is 11.4 Å². The van der Waals surface area contributed by atoms with Gasteiger partial charge in [-0.25, -0.2) is 4.85 Å². The van der Waals surface area contributed by atoms with Crippen LogP contribution in [0.15, 0.2) is 36.2 Å². The summed E-state index contributed by atoms with van der Waals surface area (Å²) < 4.78 is 0. The van der Waals surface area contributed by atoms with E-state index in [4.69, 9.17) is 6.57 Å². The summed E-state index contributed by atoms with van der Waals surface area (Å²) in [5, 5.41) is 3.13. The van der Waals surface area contributed by atoms with Gasteiger partial charge in [-0.2, -0.15) is 0 Å². The first-order chi connectivity index (χ1) is 6.22. The summed E-state index contributed by atoms with van der Waals surface area (Å²) in [5.41, 5.74) is 3.10. The van der Waals surface area contributed by atoms with Crippen LogP contribution in [0, 0.1) is 13.5 Å². The molecule has 0 heterocycles. The van der Waals surface area contributed by atoms with Gasteiger partial charge in [-0.05, 0) is 31.5 Å². The van der Waals surface area contributed by atoms with Gasteiger partial charge >= 0.3 is 0 Å². The first-order valence-corrected chi connectivity index (χ1v) is 4.09. The Bertz CT molecular complexity index is 359. The van der Waals surface area contributed by atoms with Crippen molar-refractivity contribution in [3.63, 3.8) is 0 Å². The molecule has 0 saturated carbocycles. The highest BCUT2D eigenvalue weighted by Gasteiger charge is 1.91. The van der Waals surface area contributed by atoms with Crippen LogP contribution in [0.2, 0.25) is 0 Å². The Hall–Kier alpha value is -1.75. The number of hydrogen-bond acceptors (Lipinski definition) is 1. The predicted octanol–water partition coefficient (Wildman–Crippen LogP) is 3.19. The molecule has 0 radical (unpaired) electrons. The highest BCUT2D eigenvalue weighted by Crippen LogP contribution is 2.11.